The third-order valence-electron chi connectivity index (χ3n) is 2.95. The molecular weight excluding hydrogens is 266 g/mol. The number of nitrogens with zero attached hydrogens (tertiary/aromatic N) is 2. The Morgan fingerprint density at radius 2 is 1.95 bits per heavy atom. The van der Waals surface area contributed by atoms with Crippen LogP contribution in [0.15, 0.2) is 24.3 Å². The Bertz CT molecular complexity index is 542. The molecule has 1 aromatic carbocycles. The molecule has 1 N–H and O–H groups in total. The van der Waals surface area contributed by atoms with Crippen molar-refractivity contribution in [3.63, 3.8) is 0 Å². The molecule has 100 valence electrons. The van der Waals surface area contributed by atoms with Gasteiger partial charge >= 0.3 is 0 Å². The smallest absolute Gasteiger partial charge is 0.269 e. The van der Waals surface area contributed by atoms with E-state index in [1.165, 1.54) is 29.2 Å². The van der Waals surface area contributed by atoms with Crippen molar-refractivity contribution < 1.29 is 9.72 Å². The maximum Gasteiger partial charge on any atom is 0.269 e. The van der Waals surface area contributed by atoms with Crippen LogP contribution < -0.4 is 10.2 Å². The number of hydrogen-bond donors (Lipinski definition) is 1. The lowest BCUT2D eigenvalue weighted by molar-refractivity contribution is -0.384. The van der Waals surface area contributed by atoms with Gasteiger partial charge in [0.05, 0.1) is 10.6 Å². The average Bonchev–Trinajstić information content (AvgIpc) is 2.65. The number of hydrogen-bond acceptors (Lipinski definition) is 4. The predicted molar refractivity (Wildman–Crippen MR) is 74.9 cm³/mol. The van der Waals surface area contributed by atoms with Crippen LogP contribution in [-0.4, -0.2) is 22.0 Å². The van der Waals surface area contributed by atoms with Gasteiger partial charge in [-0.05, 0) is 30.3 Å². The number of rotatable bonds is 3. The van der Waals surface area contributed by atoms with Crippen molar-refractivity contribution in [2.75, 3.05) is 4.90 Å². The van der Waals surface area contributed by atoms with Crippen molar-refractivity contribution in [3.8, 4) is 0 Å². The van der Waals surface area contributed by atoms with E-state index in [4.69, 9.17) is 12.2 Å². The molecule has 1 aliphatic rings. The van der Waals surface area contributed by atoms with Gasteiger partial charge in [0, 0.05) is 12.1 Å². The maximum atomic E-state index is 12.2. The van der Waals surface area contributed by atoms with Crippen LogP contribution in [0.25, 0.3) is 0 Å². The summed E-state index contributed by atoms with van der Waals surface area (Å²) in [5, 5.41) is 13.9. The van der Waals surface area contributed by atoms with Crippen molar-refractivity contribution in [1.29, 1.82) is 0 Å². The minimum Gasteiger partial charge on any atom is -0.350 e. The number of nitrogens with one attached hydrogen (secondary N) is 1. The number of amides is 1. The normalized spacial score (nSPS) is 18.9. The van der Waals surface area contributed by atoms with Gasteiger partial charge < -0.3 is 5.32 Å². The number of nitro benzene ring substituents is 1. The third-order valence-corrected chi connectivity index (χ3v) is 3.25. The maximum absolute atomic E-state index is 12.2. The largest absolute Gasteiger partial charge is 0.350 e. The van der Waals surface area contributed by atoms with Gasteiger partial charge in [0.1, 0.15) is 6.04 Å². The summed E-state index contributed by atoms with van der Waals surface area (Å²) in [6, 6.07) is 5.41. The van der Waals surface area contributed by atoms with E-state index in [9.17, 15) is 14.9 Å². The average molecular weight is 279 g/mol. The lowest BCUT2D eigenvalue weighted by Crippen LogP contribution is -2.34. The van der Waals surface area contributed by atoms with Gasteiger partial charge in [-0.3, -0.25) is 19.8 Å². The van der Waals surface area contributed by atoms with Gasteiger partial charge in [-0.15, -0.1) is 0 Å². The van der Waals surface area contributed by atoms with Crippen LogP contribution in [0.3, 0.4) is 0 Å². The molecule has 0 spiro atoms. The number of carbonyl (C=O) groups excluding carboxylic acids is 1. The lowest BCUT2D eigenvalue weighted by Gasteiger charge is -2.15. The second kappa shape index (κ2) is 4.93. The van der Waals surface area contributed by atoms with Crippen LogP contribution in [0.2, 0.25) is 0 Å². The Balaban J connectivity index is 2.29. The zero-order chi connectivity index (χ0) is 14.2. The number of benzene rings is 1. The standard InChI is InChI=1S/C12H13N3O3S/c1-7(2)10-11(16)14(12(19)13-10)8-3-5-9(6-4-8)15(17)18/h3-7,10H,1-2H3,(H,13,19)/t10-/m0/s1. The summed E-state index contributed by atoms with van der Waals surface area (Å²) in [6.45, 7) is 3.86. The highest BCUT2D eigenvalue weighted by Crippen LogP contribution is 2.24. The van der Waals surface area contributed by atoms with E-state index in [0.717, 1.165) is 0 Å². The molecule has 2 rings (SSSR count). The van der Waals surface area contributed by atoms with Gasteiger partial charge in [-0.25, -0.2) is 0 Å². The zero-order valence-corrected chi connectivity index (χ0v) is 11.3. The predicted octanol–water partition coefficient (Wildman–Crippen LogP) is 1.84. The molecule has 1 aliphatic heterocycles. The van der Waals surface area contributed by atoms with E-state index in [0.29, 0.717) is 10.8 Å². The minimum absolute atomic E-state index is 0.0188. The zero-order valence-electron chi connectivity index (χ0n) is 10.5. The molecule has 19 heavy (non-hydrogen) atoms. The first kappa shape index (κ1) is 13.4. The SMILES string of the molecule is CC(C)[C@@H]1NC(=S)N(c2ccc([N+](=O)[O-])cc2)C1=O. The number of nitro groups is 1. The summed E-state index contributed by atoms with van der Waals surface area (Å²) in [4.78, 5) is 23.7. The highest BCUT2D eigenvalue weighted by molar-refractivity contribution is 7.80. The molecule has 0 aromatic heterocycles. The molecule has 1 amide bonds. The fraction of sp³-hybridized carbons (Fsp3) is 0.333. The van der Waals surface area contributed by atoms with Crippen LogP contribution in [0.1, 0.15) is 13.8 Å². The molecule has 0 aliphatic carbocycles. The van der Waals surface area contributed by atoms with Crippen LogP contribution in [0, 0.1) is 16.0 Å². The summed E-state index contributed by atoms with van der Waals surface area (Å²) in [6.07, 6.45) is 0. The Hall–Kier alpha value is -2.02. The summed E-state index contributed by atoms with van der Waals surface area (Å²) in [5.41, 5.74) is 0.519. The summed E-state index contributed by atoms with van der Waals surface area (Å²) < 4.78 is 0. The van der Waals surface area contributed by atoms with E-state index in [2.05, 4.69) is 5.32 Å². The van der Waals surface area contributed by atoms with Gasteiger partial charge in [0.25, 0.3) is 11.6 Å². The van der Waals surface area contributed by atoms with Gasteiger partial charge in [0.2, 0.25) is 0 Å². The van der Waals surface area contributed by atoms with Crippen molar-refractivity contribution >= 4 is 34.6 Å². The molecular formula is C12H13N3O3S. The monoisotopic (exact) mass is 279 g/mol. The lowest BCUT2D eigenvalue weighted by atomic mass is 10.0. The first-order valence-corrected chi connectivity index (χ1v) is 6.21. The highest BCUT2D eigenvalue weighted by Gasteiger charge is 2.38. The summed E-state index contributed by atoms with van der Waals surface area (Å²) in [7, 11) is 0. The van der Waals surface area contributed by atoms with Crippen molar-refractivity contribution in [1.82, 2.24) is 5.32 Å². The van der Waals surface area contributed by atoms with Gasteiger partial charge in [-0.2, -0.15) is 0 Å². The Kier molecular flexibility index (Phi) is 3.48. The third kappa shape index (κ3) is 2.41. The van der Waals surface area contributed by atoms with Crippen LogP contribution in [0.5, 0.6) is 0 Å². The first-order chi connectivity index (χ1) is 8.91. The van der Waals surface area contributed by atoms with Gasteiger partial charge in [0.15, 0.2) is 5.11 Å². The van der Waals surface area contributed by atoms with Crippen molar-refractivity contribution in [2.24, 2.45) is 5.92 Å². The molecule has 0 unspecified atom stereocenters. The topological polar surface area (TPSA) is 75.5 Å². The van der Waals surface area contributed by atoms with Gasteiger partial charge in [-0.1, -0.05) is 13.8 Å². The Labute approximate surface area is 115 Å². The molecule has 0 radical (unpaired) electrons. The minimum atomic E-state index is -0.483. The molecule has 1 aromatic rings. The molecule has 6 nitrogen and oxygen atoms in total. The van der Waals surface area contributed by atoms with E-state index in [-0.39, 0.29) is 23.6 Å². The highest BCUT2D eigenvalue weighted by atomic mass is 32.1. The second-order valence-corrected chi connectivity index (χ2v) is 5.01. The fourth-order valence-corrected chi connectivity index (χ4v) is 2.24. The first-order valence-electron chi connectivity index (χ1n) is 5.80. The molecule has 0 bridgehead atoms. The van der Waals surface area contributed by atoms with Crippen LogP contribution in [-0.2, 0) is 4.79 Å². The quantitative estimate of drug-likeness (QED) is 0.519. The molecule has 7 heteroatoms. The molecule has 0 saturated carbocycles. The molecule has 1 fully saturated rings. The van der Waals surface area contributed by atoms with Crippen molar-refractivity contribution in [3.05, 3.63) is 34.4 Å². The fourth-order valence-electron chi connectivity index (χ4n) is 1.92. The molecule has 1 atom stereocenters. The van der Waals surface area contributed by atoms with E-state index in [1.807, 2.05) is 13.8 Å². The molecule has 1 saturated heterocycles. The van der Waals surface area contributed by atoms with Crippen LogP contribution >= 0.6 is 12.2 Å². The summed E-state index contributed by atoms with van der Waals surface area (Å²) in [5.74, 6) is -0.0117. The van der Waals surface area contributed by atoms with Crippen molar-refractivity contribution in [2.45, 2.75) is 19.9 Å². The van der Waals surface area contributed by atoms with E-state index < -0.39 is 4.92 Å². The second-order valence-electron chi connectivity index (χ2n) is 4.62. The summed E-state index contributed by atoms with van der Waals surface area (Å²) >= 11 is 5.14. The van der Waals surface area contributed by atoms with Crippen LogP contribution in [0.4, 0.5) is 11.4 Å². The van der Waals surface area contributed by atoms with E-state index in [1.54, 1.807) is 0 Å². The number of non-ortho nitro benzene ring substituents is 1. The number of anilines is 1. The molecule has 1 heterocycles. The van der Waals surface area contributed by atoms with E-state index >= 15 is 0 Å². The Morgan fingerprint density at radius 3 is 2.37 bits per heavy atom. The number of carbonyl (C=O) groups is 1. The Morgan fingerprint density at radius 1 is 1.37 bits per heavy atom. The number of thiocarbonyl (C=S) groups is 1.